The Morgan fingerprint density at radius 1 is 1.40 bits per heavy atom. The average molecular weight is 476 g/mol. The second-order valence-corrected chi connectivity index (χ2v) is 7.82. The predicted octanol–water partition coefficient (Wildman–Crippen LogP) is 2.73. The van der Waals surface area contributed by atoms with Crippen molar-refractivity contribution in [2.24, 2.45) is 4.99 Å². The predicted molar refractivity (Wildman–Crippen MR) is 118 cm³/mol. The Bertz CT molecular complexity index is 590. The van der Waals surface area contributed by atoms with Crippen LogP contribution < -0.4 is 15.4 Å². The number of guanidine groups is 1. The first kappa shape index (κ1) is 20.6. The Labute approximate surface area is 172 Å². The molecule has 7 heteroatoms. The van der Waals surface area contributed by atoms with Crippen LogP contribution in [0.15, 0.2) is 29.3 Å². The molecule has 1 fully saturated rings. The maximum Gasteiger partial charge on any atom is 0.191 e. The Morgan fingerprint density at radius 3 is 2.88 bits per heavy atom. The number of aliphatic imine (C=N–C) groups is 1. The van der Waals surface area contributed by atoms with Gasteiger partial charge in [0.25, 0.3) is 0 Å². The summed E-state index contributed by atoms with van der Waals surface area (Å²) in [6.45, 7) is 1.65. The molecule has 5 nitrogen and oxygen atoms in total. The van der Waals surface area contributed by atoms with Crippen molar-refractivity contribution in [3.05, 3.63) is 29.8 Å². The van der Waals surface area contributed by atoms with Crippen LogP contribution in [0.5, 0.6) is 5.75 Å². The van der Waals surface area contributed by atoms with Crippen molar-refractivity contribution in [2.75, 3.05) is 45.8 Å². The standard InChI is InChI=1S/C18H28N4OS.HI/c1-19-17(20-12-18(22(2)3)9-11-24-13-18)21-15-8-10-23-16-7-5-4-6-14(15)16;/h4-7,15H,8-13H2,1-3H3,(H2,19,20,21);1H. The maximum atomic E-state index is 5.75. The van der Waals surface area contributed by atoms with Crippen LogP contribution >= 0.6 is 35.7 Å². The zero-order valence-corrected chi connectivity index (χ0v) is 18.4. The molecule has 25 heavy (non-hydrogen) atoms. The quantitative estimate of drug-likeness (QED) is 0.398. The van der Waals surface area contributed by atoms with Crippen molar-refractivity contribution in [2.45, 2.75) is 24.4 Å². The monoisotopic (exact) mass is 476 g/mol. The minimum atomic E-state index is 0. The number of para-hydroxylation sites is 1. The van der Waals surface area contributed by atoms with Gasteiger partial charge in [0.1, 0.15) is 5.75 Å². The van der Waals surface area contributed by atoms with Crippen molar-refractivity contribution in [3.63, 3.8) is 0 Å². The van der Waals surface area contributed by atoms with E-state index in [4.69, 9.17) is 4.74 Å². The molecule has 1 aromatic rings. The fourth-order valence-electron chi connectivity index (χ4n) is 3.35. The third kappa shape index (κ3) is 4.74. The van der Waals surface area contributed by atoms with Gasteiger partial charge in [-0.05, 0) is 32.3 Å². The van der Waals surface area contributed by atoms with Gasteiger partial charge < -0.3 is 20.3 Å². The van der Waals surface area contributed by atoms with Gasteiger partial charge in [-0.2, -0.15) is 11.8 Å². The lowest BCUT2D eigenvalue weighted by Crippen LogP contribution is -2.55. The van der Waals surface area contributed by atoms with Gasteiger partial charge in [-0.1, -0.05) is 18.2 Å². The van der Waals surface area contributed by atoms with Gasteiger partial charge in [0.2, 0.25) is 0 Å². The number of fused-ring (bicyclic) bond motifs is 1. The SMILES string of the molecule is CN=C(NCC1(N(C)C)CCSC1)NC1CCOc2ccccc21.I. The normalized spacial score (nSPS) is 25.8. The minimum absolute atomic E-state index is 0. The van der Waals surface area contributed by atoms with E-state index in [1.165, 1.54) is 23.5 Å². The highest BCUT2D eigenvalue weighted by atomic mass is 127. The molecule has 140 valence electrons. The zero-order valence-electron chi connectivity index (χ0n) is 15.2. The van der Waals surface area contributed by atoms with Crippen LogP contribution in [0, 0.1) is 0 Å². The van der Waals surface area contributed by atoms with E-state index in [2.05, 4.69) is 46.8 Å². The summed E-state index contributed by atoms with van der Waals surface area (Å²) in [7, 11) is 6.20. The van der Waals surface area contributed by atoms with Gasteiger partial charge in [-0.25, -0.2) is 0 Å². The molecule has 0 saturated carbocycles. The molecule has 2 aliphatic heterocycles. The van der Waals surface area contributed by atoms with Gasteiger partial charge in [-0.15, -0.1) is 24.0 Å². The summed E-state index contributed by atoms with van der Waals surface area (Å²) in [5.74, 6) is 4.26. The number of rotatable bonds is 4. The number of nitrogens with one attached hydrogen (secondary N) is 2. The van der Waals surface area contributed by atoms with Gasteiger partial charge in [-0.3, -0.25) is 4.99 Å². The van der Waals surface area contributed by atoms with Crippen LogP contribution in [0.4, 0.5) is 0 Å². The topological polar surface area (TPSA) is 48.9 Å². The largest absolute Gasteiger partial charge is 0.493 e. The van der Waals surface area contributed by atoms with Crippen LogP contribution in [-0.4, -0.2) is 62.2 Å². The van der Waals surface area contributed by atoms with Gasteiger partial charge in [0, 0.05) is 36.9 Å². The maximum absolute atomic E-state index is 5.75. The molecule has 0 aromatic heterocycles. The van der Waals surface area contributed by atoms with Crippen molar-refractivity contribution < 1.29 is 4.74 Å². The molecule has 0 bridgehead atoms. The van der Waals surface area contributed by atoms with E-state index in [1.54, 1.807) is 0 Å². The number of ether oxygens (including phenoxy) is 1. The first-order valence-corrected chi connectivity index (χ1v) is 9.74. The molecule has 2 heterocycles. The Morgan fingerprint density at radius 2 is 2.20 bits per heavy atom. The van der Waals surface area contributed by atoms with E-state index in [0.717, 1.165) is 31.3 Å². The number of likely N-dealkylation sites (N-methyl/N-ethyl adjacent to an activating group) is 1. The Balaban J connectivity index is 0.00000225. The highest BCUT2D eigenvalue weighted by molar-refractivity contribution is 14.0. The van der Waals surface area contributed by atoms with E-state index in [-0.39, 0.29) is 35.6 Å². The van der Waals surface area contributed by atoms with Crippen LogP contribution in [-0.2, 0) is 0 Å². The van der Waals surface area contributed by atoms with Crippen LogP contribution in [0.2, 0.25) is 0 Å². The number of hydrogen-bond acceptors (Lipinski definition) is 4. The molecule has 1 aromatic carbocycles. The molecule has 0 aliphatic carbocycles. The lowest BCUT2D eigenvalue weighted by Gasteiger charge is -2.36. The summed E-state index contributed by atoms with van der Waals surface area (Å²) in [4.78, 5) is 6.79. The van der Waals surface area contributed by atoms with E-state index >= 15 is 0 Å². The molecule has 0 radical (unpaired) electrons. The summed E-state index contributed by atoms with van der Waals surface area (Å²) in [6.07, 6.45) is 2.17. The fraction of sp³-hybridized carbons (Fsp3) is 0.611. The summed E-state index contributed by atoms with van der Waals surface area (Å²) in [5, 5.41) is 7.13. The highest BCUT2D eigenvalue weighted by Crippen LogP contribution is 2.32. The smallest absolute Gasteiger partial charge is 0.191 e. The number of halogens is 1. The van der Waals surface area contributed by atoms with Gasteiger partial charge in [0.05, 0.1) is 12.6 Å². The number of nitrogens with zero attached hydrogens (tertiary/aromatic N) is 2. The molecule has 2 unspecified atom stereocenters. The molecule has 3 rings (SSSR count). The van der Waals surface area contributed by atoms with Crippen molar-refractivity contribution in [1.29, 1.82) is 0 Å². The fourth-order valence-corrected chi connectivity index (χ4v) is 4.90. The third-order valence-electron chi connectivity index (χ3n) is 5.11. The van der Waals surface area contributed by atoms with Crippen LogP contribution in [0.3, 0.4) is 0 Å². The van der Waals surface area contributed by atoms with Crippen molar-refractivity contribution in [1.82, 2.24) is 15.5 Å². The number of hydrogen-bond donors (Lipinski definition) is 2. The van der Waals surface area contributed by atoms with E-state index in [1.807, 2.05) is 30.9 Å². The molecule has 0 spiro atoms. The van der Waals surface area contributed by atoms with Crippen molar-refractivity contribution in [3.8, 4) is 5.75 Å². The highest BCUT2D eigenvalue weighted by Gasteiger charge is 2.36. The Hall–Kier alpha value is -0.670. The molecule has 2 aliphatic rings. The first-order chi connectivity index (χ1) is 11.6. The number of benzene rings is 1. The third-order valence-corrected chi connectivity index (χ3v) is 6.34. The molecular weight excluding hydrogens is 447 g/mol. The van der Waals surface area contributed by atoms with Crippen LogP contribution in [0.25, 0.3) is 0 Å². The van der Waals surface area contributed by atoms with Crippen molar-refractivity contribution >= 4 is 41.7 Å². The van der Waals surface area contributed by atoms with E-state index < -0.39 is 0 Å². The summed E-state index contributed by atoms with van der Waals surface area (Å²) >= 11 is 2.04. The number of thioether (sulfide) groups is 1. The lowest BCUT2D eigenvalue weighted by atomic mass is 9.97. The van der Waals surface area contributed by atoms with Crippen LogP contribution in [0.1, 0.15) is 24.4 Å². The summed E-state index contributed by atoms with van der Waals surface area (Å²) in [5.41, 5.74) is 1.43. The average Bonchev–Trinajstić information content (AvgIpc) is 3.09. The second kappa shape index (κ2) is 9.32. The minimum Gasteiger partial charge on any atom is -0.493 e. The van der Waals surface area contributed by atoms with Gasteiger partial charge in [0.15, 0.2) is 5.96 Å². The Kier molecular flexibility index (Phi) is 7.69. The zero-order chi connectivity index (χ0) is 17.0. The molecule has 2 N–H and O–H groups in total. The molecule has 2 atom stereocenters. The first-order valence-electron chi connectivity index (χ1n) is 8.59. The van der Waals surface area contributed by atoms with Gasteiger partial charge >= 0.3 is 0 Å². The molecular formula is C18H29IN4OS. The van der Waals surface area contributed by atoms with E-state index in [0.29, 0.717) is 0 Å². The summed E-state index contributed by atoms with van der Waals surface area (Å²) in [6, 6.07) is 8.50. The molecule has 0 amide bonds. The summed E-state index contributed by atoms with van der Waals surface area (Å²) < 4.78 is 5.75. The second-order valence-electron chi connectivity index (χ2n) is 6.72. The lowest BCUT2D eigenvalue weighted by molar-refractivity contribution is 0.182. The van der Waals surface area contributed by atoms with E-state index in [9.17, 15) is 0 Å². The molecule has 1 saturated heterocycles.